The minimum atomic E-state index is -0.248. The third kappa shape index (κ3) is 4.47. The van der Waals surface area contributed by atoms with Crippen molar-refractivity contribution in [1.29, 1.82) is 0 Å². The smallest absolute Gasteiger partial charge is 0.242 e. The van der Waals surface area contributed by atoms with E-state index in [2.05, 4.69) is 43.9 Å². The number of primary amides is 1. The molecular formula is C18H27N3O2. The van der Waals surface area contributed by atoms with Crippen molar-refractivity contribution in [3.8, 4) is 0 Å². The fourth-order valence-corrected chi connectivity index (χ4v) is 3.20. The van der Waals surface area contributed by atoms with Gasteiger partial charge in [0.25, 0.3) is 0 Å². The van der Waals surface area contributed by atoms with Gasteiger partial charge in [0, 0.05) is 31.2 Å². The van der Waals surface area contributed by atoms with Crippen molar-refractivity contribution in [2.45, 2.75) is 33.6 Å². The largest absolute Gasteiger partial charge is 0.369 e. The number of hydrogen-bond acceptors (Lipinski definition) is 3. The summed E-state index contributed by atoms with van der Waals surface area (Å²) in [6.07, 6.45) is 1.35. The Hall–Kier alpha value is -2.04. The molecule has 1 saturated heterocycles. The Morgan fingerprint density at radius 3 is 2.22 bits per heavy atom. The highest BCUT2D eigenvalue weighted by Gasteiger charge is 2.26. The molecule has 5 heteroatoms. The molecule has 1 aliphatic heterocycles. The first-order valence-corrected chi connectivity index (χ1v) is 8.31. The number of piperidine rings is 1. The molecule has 2 rings (SSSR count). The predicted molar refractivity (Wildman–Crippen MR) is 92.3 cm³/mol. The molecule has 0 aliphatic carbocycles. The molecule has 1 aliphatic rings. The highest BCUT2D eigenvalue weighted by atomic mass is 16.2. The predicted octanol–water partition coefficient (Wildman–Crippen LogP) is 1.85. The van der Waals surface area contributed by atoms with Gasteiger partial charge in [-0.25, -0.2) is 0 Å². The van der Waals surface area contributed by atoms with Crippen LogP contribution in [0.4, 0.5) is 5.69 Å². The number of hydrogen-bond donors (Lipinski definition) is 1. The number of carbonyl (C=O) groups excluding carboxylic acids is 2. The van der Waals surface area contributed by atoms with Crippen molar-refractivity contribution in [3.63, 3.8) is 0 Å². The van der Waals surface area contributed by atoms with E-state index in [9.17, 15) is 9.59 Å². The maximum atomic E-state index is 12.6. The Labute approximate surface area is 138 Å². The zero-order valence-corrected chi connectivity index (χ0v) is 14.3. The summed E-state index contributed by atoms with van der Waals surface area (Å²) in [6.45, 7) is 8.60. The molecule has 126 valence electrons. The van der Waals surface area contributed by atoms with E-state index in [0.29, 0.717) is 32.5 Å². The van der Waals surface area contributed by atoms with Gasteiger partial charge in [0.1, 0.15) is 0 Å². The van der Waals surface area contributed by atoms with Gasteiger partial charge in [0.05, 0.1) is 6.54 Å². The van der Waals surface area contributed by atoms with E-state index >= 15 is 0 Å². The molecule has 0 aromatic heterocycles. The summed E-state index contributed by atoms with van der Waals surface area (Å²) in [4.78, 5) is 27.7. The first-order valence-electron chi connectivity index (χ1n) is 8.31. The molecule has 1 aromatic rings. The van der Waals surface area contributed by atoms with Crippen molar-refractivity contribution in [2.24, 2.45) is 11.7 Å². The zero-order chi connectivity index (χ0) is 17.0. The Kier molecular flexibility index (Phi) is 5.64. The minimum Gasteiger partial charge on any atom is -0.369 e. The van der Waals surface area contributed by atoms with E-state index < -0.39 is 0 Å². The molecule has 5 nitrogen and oxygen atoms in total. The minimum absolute atomic E-state index is 0.0826. The van der Waals surface area contributed by atoms with Crippen LogP contribution in [-0.4, -0.2) is 42.9 Å². The summed E-state index contributed by atoms with van der Waals surface area (Å²) in [5.74, 6) is -0.211. The number of nitrogens with two attached hydrogens (primary N) is 1. The lowest BCUT2D eigenvalue weighted by Gasteiger charge is -2.33. The molecule has 1 heterocycles. The third-order valence-corrected chi connectivity index (χ3v) is 4.53. The molecule has 0 atom stereocenters. The van der Waals surface area contributed by atoms with Crippen LogP contribution in [0.25, 0.3) is 0 Å². The number of amides is 2. The van der Waals surface area contributed by atoms with E-state index in [1.165, 1.54) is 11.1 Å². The fraction of sp³-hybridized carbons (Fsp3) is 0.556. The fourth-order valence-electron chi connectivity index (χ4n) is 3.20. The molecule has 2 amide bonds. The van der Waals surface area contributed by atoms with Crippen LogP contribution in [-0.2, 0) is 9.59 Å². The Morgan fingerprint density at radius 2 is 1.74 bits per heavy atom. The lowest BCUT2D eigenvalue weighted by molar-refractivity contribution is -0.133. The van der Waals surface area contributed by atoms with Crippen molar-refractivity contribution < 1.29 is 9.59 Å². The van der Waals surface area contributed by atoms with Gasteiger partial charge in [-0.1, -0.05) is 6.07 Å². The van der Waals surface area contributed by atoms with Crippen molar-refractivity contribution in [3.05, 3.63) is 29.3 Å². The molecule has 0 spiro atoms. The van der Waals surface area contributed by atoms with E-state index in [-0.39, 0.29) is 17.7 Å². The number of carbonyl (C=O) groups is 2. The lowest BCUT2D eigenvalue weighted by Crippen LogP contribution is -2.46. The van der Waals surface area contributed by atoms with Gasteiger partial charge in [-0.15, -0.1) is 0 Å². The Bertz CT molecular complexity index is 557. The van der Waals surface area contributed by atoms with E-state index in [1.807, 2.05) is 4.90 Å². The second-order valence-corrected chi connectivity index (χ2v) is 6.42. The van der Waals surface area contributed by atoms with E-state index in [1.54, 1.807) is 0 Å². The second-order valence-electron chi connectivity index (χ2n) is 6.42. The maximum absolute atomic E-state index is 12.6. The average Bonchev–Trinajstić information content (AvgIpc) is 2.51. The summed E-state index contributed by atoms with van der Waals surface area (Å²) in [5.41, 5.74) is 8.84. The molecule has 0 bridgehead atoms. The highest BCUT2D eigenvalue weighted by Crippen LogP contribution is 2.20. The average molecular weight is 317 g/mol. The number of likely N-dealkylation sites (tertiary alicyclic amines) is 1. The van der Waals surface area contributed by atoms with Crippen molar-refractivity contribution in [2.75, 3.05) is 31.1 Å². The van der Waals surface area contributed by atoms with Gasteiger partial charge in [-0.3, -0.25) is 9.59 Å². The number of nitrogens with zero attached hydrogens (tertiary/aromatic N) is 2. The molecule has 2 N–H and O–H groups in total. The lowest BCUT2D eigenvalue weighted by atomic mass is 9.96. The summed E-state index contributed by atoms with van der Waals surface area (Å²) in [6, 6.07) is 6.36. The molecule has 0 unspecified atom stereocenters. The Morgan fingerprint density at radius 1 is 1.17 bits per heavy atom. The topological polar surface area (TPSA) is 66.6 Å². The first kappa shape index (κ1) is 17.3. The Balaban J connectivity index is 1.99. The maximum Gasteiger partial charge on any atom is 0.242 e. The van der Waals surface area contributed by atoms with Crippen LogP contribution < -0.4 is 10.6 Å². The van der Waals surface area contributed by atoms with Crippen LogP contribution in [0.15, 0.2) is 18.2 Å². The number of aryl methyl sites for hydroxylation is 2. The summed E-state index contributed by atoms with van der Waals surface area (Å²) >= 11 is 0. The number of benzene rings is 1. The van der Waals surface area contributed by atoms with Crippen LogP contribution in [0.5, 0.6) is 0 Å². The van der Waals surface area contributed by atoms with Crippen LogP contribution in [0.3, 0.4) is 0 Å². The zero-order valence-electron chi connectivity index (χ0n) is 14.3. The molecule has 1 aromatic carbocycles. The number of rotatable bonds is 5. The first-order chi connectivity index (χ1) is 10.9. The molecule has 0 saturated carbocycles. The second kappa shape index (κ2) is 7.49. The van der Waals surface area contributed by atoms with Gasteiger partial charge >= 0.3 is 0 Å². The van der Waals surface area contributed by atoms with Gasteiger partial charge in [-0.05, 0) is 56.9 Å². The summed E-state index contributed by atoms with van der Waals surface area (Å²) in [5, 5.41) is 0. The van der Waals surface area contributed by atoms with Gasteiger partial charge in [0.15, 0.2) is 0 Å². The SMILES string of the molecule is CCN(CC(=O)N1CCC(C(N)=O)CC1)c1cc(C)cc(C)c1. The van der Waals surface area contributed by atoms with Crippen molar-refractivity contribution in [1.82, 2.24) is 4.90 Å². The van der Waals surface area contributed by atoms with Crippen LogP contribution >= 0.6 is 0 Å². The number of anilines is 1. The highest BCUT2D eigenvalue weighted by molar-refractivity contribution is 5.82. The van der Waals surface area contributed by atoms with Crippen LogP contribution in [0, 0.1) is 19.8 Å². The number of likely N-dealkylation sites (N-methyl/N-ethyl adjacent to an activating group) is 1. The summed E-state index contributed by atoms with van der Waals surface area (Å²) < 4.78 is 0. The van der Waals surface area contributed by atoms with Crippen LogP contribution in [0.1, 0.15) is 30.9 Å². The van der Waals surface area contributed by atoms with E-state index in [0.717, 1.165) is 12.2 Å². The third-order valence-electron chi connectivity index (χ3n) is 4.53. The van der Waals surface area contributed by atoms with Gasteiger partial charge in [-0.2, -0.15) is 0 Å². The van der Waals surface area contributed by atoms with Gasteiger partial charge < -0.3 is 15.5 Å². The van der Waals surface area contributed by atoms with Crippen molar-refractivity contribution >= 4 is 17.5 Å². The van der Waals surface area contributed by atoms with Gasteiger partial charge in [0.2, 0.25) is 11.8 Å². The monoisotopic (exact) mass is 317 g/mol. The quantitative estimate of drug-likeness (QED) is 0.901. The van der Waals surface area contributed by atoms with E-state index in [4.69, 9.17) is 5.73 Å². The molecular weight excluding hydrogens is 290 g/mol. The standard InChI is InChI=1S/C18H27N3O2/c1-4-20(16-10-13(2)9-14(3)11-16)12-17(22)21-7-5-15(6-8-21)18(19)23/h9-11,15H,4-8,12H2,1-3H3,(H2,19,23). The molecule has 23 heavy (non-hydrogen) atoms. The molecule has 1 fully saturated rings. The normalized spacial score (nSPS) is 15.5. The summed E-state index contributed by atoms with van der Waals surface area (Å²) in [7, 11) is 0. The van der Waals surface area contributed by atoms with Crippen LogP contribution in [0.2, 0.25) is 0 Å². The molecule has 0 radical (unpaired) electrons.